The highest BCUT2D eigenvalue weighted by atomic mass is 28.4. The number of carbonyl (C=O) groups is 2. The van der Waals surface area contributed by atoms with Gasteiger partial charge in [-0.1, -0.05) is 20.8 Å². The second kappa shape index (κ2) is 7.00. The Hall–Kier alpha value is -1.08. The molecule has 128 valence electrons. The number of rotatable bonds is 3. The Balaban J connectivity index is 2.84. The van der Waals surface area contributed by atoms with Crippen LogP contribution in [0.25, 0.3) is 0 Å². The van der Waals surface area contributed by atoms with Gasteiger partial charge in [-0.05, 0) is 31.0 Å². The van der Waals surface area contributed by atoms with Gasteiger partial charge in [0.25, 0.3) is 0 Å². The smallest absolute Gasteiger partial charge is 0.410 e. The summed E-state index contributed by atoms with van der Waals surface area (Å²) in [5, 5.41) is 0.0995. The number of hydrogen-bond acceptors (Lipinski definition) is 5. The monoisotopic (exact) mass is 331 g/mol. The number of ether oxygens (including phenoxy) is 2. The zero-order valence-corrected chi connectivity index (χ0v) is 15.8. The van der Waals surface area contributed by atoms with Crippen LogP contribution in [-0.2, 0) is 18.7 Å². The van der Waals surface area contributed by atoms with E-state index in [1.165, 1.54) is 19.1 Å². The summed E-state index contributed by atoms with van der Waals surface area (Å²) in [5.41, 5.74) is 0. The molecule has 0 aromatic rings. The lowest BCUT2D eigenvalue weighted by Gasteiger charge is -2.43. The van der Waals surface area contributed by atoms with Gasteiger partial charge in [0.05, 0.1) is 20.3 Å². The minimum absolute atomic E-state index is 0.0686. The molecule has 7 heteroatoms. The third-order valence-electron chi connectivity index (χ3n) is 4.69. The predicted octanol–water partition coefficient (Wildman–Crippen LogP) is 2.78. The summed E-state index contributed by atoms with van der Waals surface area (Å²) in [6, 6.07) is -0.586. The van der Waals surface area contributed by atoms with Crippen LogP contribution in [-0.4, -0.2) is 58.2 Å². The molecule has 1 saturated heterocycles. The second-order valence-electron chi connectivity index (χ2n) is 7.24. The van der Waals surface area contributed by atoms with Gasteiger partial charge in [-0.2, -0.15) is 0 Å². The maximum atomic E-state index is 12.0. The van der Waals surface area contributed by atoms with E-state index < -0.39 is 26.4 Å². The summed E-state index contributed by atoms with van der Waals surface area (Å²) in [6.07, 6.45) is 0.681. The topological polar surface area (TPSA) is 65.1 Å². The summed E-state index contributed by atoms with van der Waals surface area (Å²) in [6.45, 7) is 11.3. The number of amides is 1. The van der Waals surface area contributed by atoms with Crippen LogP contribution in [0.15, 0.2) is 0 Å². The number of nitrogens with zero attached hydrogens (tertiary/aromatic N) is 1. The average Bonchev–Trinajstić information content (AvgIpc) is 2.43. The van der Waals surface area contributed by atoms with E-state index >= 15 is 0 Å². The molecule has 1 heterocycles. The maximum Gasteiger partial charge on any atom is 0.410 e. The summed E-state index contributed by atoms with van der Waals surface area (Å²) in [4.78, 5) is 25.2. The molecule has 0 N–H and O–H groups in total. The molecule has 0 bridgehead atoms. The summed E-state index contributed by atoms with van der Waals surface area (Å²) >= 11 is 0. The van der Waals surface area contributed by atoms with Gasteiger partial charge in [0.1, 0.15) is 6.04 Å². The molecule has 6 nitrogen and oxygen atoms in total. The molecule has 0 unspecified atom stereocenters. The van der Waals surface area contributed by atoms with Gasteiger partial charge < -0.3 is 13.9 Å². The van der Waals surface area contributed by atoms with Crippen LogP contribution in [0, 0.1) is 0 Å². The number of methoxy groups -OCH3 is 2. The summed E-state index contributed by atoms with van der Waals surface area (Å²) < 4.78 is 15.9. The molecule has 0 spiro atoms. The molecule has 0 radical (unpaired) electrons. The van der Waals surface area contributed by atoms with Gasteiger partial charge in [-0.15, -0.1) is 0 Å². The summed E-state index contributed by atoms with van der Waals surface area (Å²) in [7, 11) is 0.725. The molecule has 0 aliphatic carbocycles. The lowest BCUT2D eigenvalue weighted by atomic mass is 10.0. The molecule has 0 aromatic heterocycles. The van der Waals surface area contributed by atoms with Crippen molar-refractivity contribution in [1.82, 2.24) is 4.90 Å². The Morgan fingerprint density at radius 1 is 1.09 bits per heavy atom. The quantitative estimate of drug-likeness (QED) is 0.588. The van der Waals surface area contributed by atoms with E-state index in [1.807, 2.05) is 0 Å². The van der Waals surface area contributed by atoms with Crippen molar-refractivity contribution in [3.63, 3.8) is 0 Å². The van der Waals surface area contributed by atoms with Gasteiger partial charge in [0, 0.05) is 6.54 Å². The molecular weight excluding hydrogens is 302 g/mol. The van der Waals surface area contributed by atoms with Gasteiger partial charge in [-0.25, -0.2) is 9.59 Å². The Morgan fingerprint density at radius 2 is 1.68 bits per heavy atom. The fraction of sp³-hybridized carbons (Fsp3) is 0.867. The molecule has 1 rings (SSSR count). The highest BCUT2D eigenvalue weighted by molar-refractivity contribution is 6.74. The average molecular weight is 331 g/mol. The van der Waals surface area contributed by atoms with Crippen molar-refractivity contribution >= 4 is 20.4 Å². The van der Waals surface area contributed by atoms with Crippen molar-refractivity contribution in [2.45, 2.75) is 63.9 Å². The molecule has 1 aliphatic heterocycles. The van der Waals surface area contributed by atoms with E-state index in [-0.39, 0.29) is 11.1 Å². The molecule has 0 aromatic carbocycles. The lowest BCUT2D eigenvalue weighted by molar-refractivity contribution is -0.148. The van der Waals surface area contributed by atoms with E-state index in [4.69, 9.17) is 13.9 Å². The third kappa shape index (κ3) is 4.22. The Morgan fingerprint density at radius 3 is 2.14 bits per heavy atom. The zero-order chi connectivity index (χ0) is 17.1. The van der Waals surface area contributed by atoms with Crippen LogP contribution >= 0.6 is 0 Å². The van der Waals surface area contributed by atoms with Crippen LogP contribution in [0.1, 0.15) is 33.6 Å². The largest absolute Gasteiger partial charge is 0.467 e. The van der Waals surface area contributed by atoms with Gasteiger partial charge in [0.15, 0.2) is 8.32 Å². The standard InChI is InChI=1S/C15H29NO5Si/c1-15(2,3)22(6,7)21-11-8-9-12(13(17)19-4)16(10-11)14(18)20-5/h11-12H,8-10H2,1-7H3/t11-,12-/m1/s1. The van der Waals surface area contributed by atoms with Gasteiger partial charge >= 0.3 is 12.1 Å². The minimum atomic E-state index is -1.92. The fourth-order valence-corrected chi connectivity index (χ4v) is 3.71. The van der Waals surface area contributed by atoms with Crippen molar-refractivity contribution in [3.05, 3.63) is 0 Å². The van der Waals surface area contributed by atoms with Crippen LogP contribution in [0.2, 0.25) is 18.1 Å². The fourth-order valence-electron chi connectivity index (χ4n) is 2.33. The number of piperidine rings is 1. The molecule has 22 heavy (non-hydrogen) atoms. The molecule has 1 aliphatic rings. The first-order valence-corrected chi connectivity index (χ1v) is 10.5. The van der Waals surface area contributed by atoms with E-state index in [0.29, 0.717) is 13.0 Å². The lowest BCUT2D eigenvalue weighted by Crippen LogP contribution is -2.55. The van der Waals surface area contributed by atoms with Crippen molar-refractivity contribution in [2.75, 3.05) is 20.8 Å². The Kier molecular flexibility index (Phi) is 6.03. The minimum Gasteiger partial charge on any atom is -0.467 e. The molecule has 1 fully saturated rings. The van der Waals surface area contributed by atoms with Crippen molar-refractivity contribution < 1.29 is 23.5 Å². The summed E-state index contributed by atoms with van der Waals surface area (Å²) in [5.74, 6) is -0.406. The SMILES string of the molecule is COC(=O)[C@H]1CC[C@@H](O[Si](C)(C)C(C)(C)C)CN1C(=O)OC. The number of hydrogen-bond donors (Lipinski definition) is 0. The highest BCUT2D eigenvalue weighted by Crippen LogP contribution is 2.38. The number of likely N-dealkylation sites (tertiary alicyclic amines) is 1. The predicted molar refractivity (Wildman–Crippen MR) is 86.2 cm³/mol. The van der Waals surface area contributed by atoms with Crippen LogP contribution in [0.5, 0.6) is 0 Å². The Labute approximate surface area is 134 Å². The third-order valence-corrected chi connectivity index (χ3v) is 9.22. The first-order chi connectivity index (χ1) is 10.0. The van der Waals surface area contributed by atoms with E-state index in [0.717, 1.165) is 6.42 Å². The van der Waals surface area contributed by atoms with Crippen molar-refractivity contribution in [1.29, 1.82) is 0 Å². The van der Waals surface area contributed by atoms with E-state index in [2.05, 4.69) is 33.9 Å². The number of esters is 1. The molecule has 1 amide bonds. The van der Waals surface area contributed by atoms with Crippen LogP contribution in [0.4, 0.5) is 4.79 Å². The zero-order valence-electron chi connectivity index (χ0n) is 14.8. The van der Waals surface area contributed by atoms with E-state index in [9.17, 15) is 9.59 Å². The molecular formula is C15H29NO5Si. The first kappa shape index (κ1) is 19.0. The number of carbonyl (C=O) groups excluding carboxylic acids is 2. The van der Waals surface area contributed by atoms with E-state index in [1.54, 1.807) is 0 Å². The van der Waals surface area contributed by atoms with Crippen LogP contribution < -0.4 is 0 Å². The second-order valence-corrected chi connectivity index (χ2v) is 12.0. The van der Waals surface area contributed by atoms with Crippen molar-refractivity contribution in [2.24, 2.45) is 0 Å². The highest BCUT2D eigenvalue weighted by Gasteiger charge is 2.43. The van der Waals surface area contributed by atoms with Gasteiger partial charge in [-0.3, -0.25) is 4.90 Å². The van der Waals surface area contributed by atoms with Crippen molar-refractivity contribution in [3.8, 4) is 0 Å². The normalized spacial score (nSPS) is 23.1. The molecule has 2 atom stereocenters. The Bertz CT molecular complexity index is 419. The van der Waals surface area contributed by atoms with Crippen LogP contribution in [0.3, 0.4) is 0 Å². The maximum absolute atomic E-state index is 12.0. The van der Waals surface area contributed by atoms with Gasteiger partial charge in [0.2, 0.25) is 0 Å². The first-order valence-electron chi connectivity index (χ1n) is 7.63. The molecule has 0 saturated carbocycles.